The van der Waals surface area contributed by atoms with Crippen molar-refractivity contribution < 1.29 is 4.79 Å². The molecule has 0 saturated carbocycles. The Morgan fingerprint density at radius 3 is 2.51 bits per heavy atom. The topological polar surface area (TPSA) is 71.3 Å². The molecular formula is C29H23BrClN5O. The molecule has 3 aromatic carbocycles. The molecule has 6 nitrogen and oxygen atoms in total. The molecule has 0 aliphatic carbocycles. The molecule has 0 saturated heterocycles. The Hall–Kier alpha value is -3.94. The van der Waals surface area contributed by atoms with E-state index in [9.17, 15) is 4.79 Å². The Kier molecular flexibility index (Phi) is 7.63. The predicted octanol–water partition coefficient (Wildman–Crippen LogP) is 6.75. The molecule has 0 atom stereocenters. The first-order valence-electron chi connectivity index (χ1n) is 11.7. The summed E-state index contributed by atoms with van der Waals surface area (Å²) in [6, 6.07) is 27.4. The summed E-state index contributed by atoms with van der Waals surface area (Å²) < 4.78 is 2.55. The van der Waals surface area contributed by atoms with Crippen molar-refractivity contribution in [1.82, 2.24) is 19.9 Å². The lowest BCUT2D eigenvalue weighted by Crippen LogP contribution is -2.20. The van der Waals surface area contributed by atoms with Gasteiger partial charge in [-0.2, -0.15) is 9.61 Å². The highest BCUT2D eigenvalue weighted by molar-refractivity contribution is 9.10. The van der Waals surface area contributed by atoms with Gasteiger partial charge in [0, 0.05) is 35.8 Å². The fourth-order valence-electron chi connectivity index (χ4n) is 3.90. The normalized spacial score (nSPS) is 11.2. The maximum absolute atomic E-state index is 12.2. The van der Waals surface area contributed by atoms with Gasteiger partial charge in [-0.15, -0.1) is 0 Å². The van der Waals surface area contributed by atoms with E-state index in [2.05, 4.69) is 37.7 Å². The third-order valence-corrected chi connectivity index (χ3v) is 6.63. The monoisotopic (exact) mass is 571 g/mol. The van der Waals surface area contributed by atoms with Gasteiger partial charge in [0.15, 0.2) is 5.65 Å². The number of nitrogens with one attached hydrogen (secondary N) is 2. The van der Waals surface area contributed by atoms with Crippen LogP contribution in [0.3, 0.4) is 0 Å². The number of anilines is 1. The van der Waals surface area contributed by atoms with Gasteiger partial charge in [0.1, 0.15) is 5.82 Å². The highest BCUT2D eigenvalue weighted by Gasteiger charge is 2.13. The molecule has 0 bridgehead atoms. The van der Waals surface area contributed by atoms with Crippen molar-refractivity contribution in [3.63, 3.8) is 0 Å². The zero-order valence-electron chi connectivity index (χ0n) is 19.7. The number of benzene rings is 3. The molecule has 5 aromatic rings. The first-order chi connectivity index (χ1) is 18.1. The summed E-state index contributed by atoms with van der Waals surface area (Å²) in [7, 11) is 0. The van der Waals surface area contributed by atoms with E-state index in [-0.39, 0.29) is 5.91 Å². The van der Waals surface area contributed by atoms with Crippen LogP contribution in [0.2, 0.25) is 5.02 Å². The summed E-state index contributed by atoms with van der Waals surface area (Å²) in [6.07, 6.45) is 5.07. The minimum absolute atomic E-state index is 0.136. The van der Waals surface area contributed by atoms with Gasteiger partial charge in [-0.25, -0.2) is 4.98 Å². The van der Waals surface area contributed by atoms with Crippen LogP contribution in [0.15, 0.2) is 102 Å². The lowest BCUT2D eigenvalue weighted by atomic mass is 10.1. The standard InChI is InChI=1S/C29H23BrClN5O/c30-24-19-34-36-27(16-26(35-29(24)36)23-11-4-5-12-25(23)31)32-17-21-9-6-10-22(15-21)18-33-28(37)14-13-20-7-2-1-3-8-20/h1-16,19,32H,17-18H2,(H,33,37)/b14-13+. The summed E-state index contributed by atoms with van der Waals surface area (Å²) in [6.45, 7) is 1.00. The molecular weight excluding hydrogens is 550 g/mol. The number of hydrogen-bond acceptors (Lipinski definition) is 4. The number of rotatable bonds is 8. The van der Waals surface area contributed by atoms with E-state index < -0.39 is 0 Å². The molecule has 8 heteroatoms. The predicted molar refractivity (Wildman–Crippen MR) is 152 cm³/mol. The number of fused-ring (bicyclic) bond motifs is 1. The summed E-state index contributed by atoms with van der Waals surface area (Å²) in [5.41, 5.74) is 5.36. The number of carbonyl (C=O) groups excluding carboxylic acids is 1. The third-order valence-electron chi connectivity index (χ3n) is 5.74. The molecule has 2 N–H and O–H groups in total. The average molecular weight is 573 g/mol. The van der Waals surface area contributed by atoms with Gasteiger partial charge in [-0.3, -0.25) is 4.79 Å². The van der Waals surface area contributed by atoms with E-state index >= 15 is 0 Å². The van der Waals surface area contributed by atoms with Crippen LogP contribution in [-0.2, 0) is 17.9 Å². The summed E-state index contributed by atoms with van der Waals surface area (Å²) in [5.74, 6) is 0.651. The van der Waals surface area contributed by atoms with Gasteiger partial charge in [0.2, 0.25) is 5.91 Å². The maximum Gasteiger partial charge on any atom is 0.244 e. The number of halogens is 2. The third kappa shape index (κ3) is 6.07. The molecule has 184 valence electrons. The Bertz CT molecular complexity index is 1580. The van der Waals surface area contributed by atoms with Crippen LogP contribution in [0.5, 0.6) is 0 Å². The molecule has 0 unspecified atom stereocenters. The lowest BCUT2D eigenvalue weighted by molar-refractivity contribution is -0.116. The molecule has 2 aromatic heterocycles. The van der Waals surface area contributed by atoms with Crippen molar-refractivity contribution in [2.45, 2.75) is 13.1 Å². The van der Waals surface area contributed by atoms with Crippen molar-refractivity contribution in [1.29, 1.82) is 0 Å². The van der Waals surface area contributed by atoms with Crippen LogP contribution < -0.4 is 10.6 Å². The van der Waals surface area contributed by atoms with Gasteiger partial charge in [-0.1, -0.05) is 84.4 Å². The number of amides is 1. The molecule has 0 radical (unpaired) electrons. The Morgan fingerprint density at radius 2 is 1.70 bits per heavy atom. The number of hydrogen-bond donors (Lipinski definition) is 2. The van der Waals surface area contributed by atoms with Crippen molar-refractivity contribution in [2.75, 3.05) is 5.32 Å². The van der Waals surface area contributed by atoms with Gasteiger partial charge in [0.05, 0.1) is 16.4 Å². The van der Waals surface area contributed by atoms with Crippen LogP contribution in [0.25, 0.3) is 23.0 Å². The Labute approximate surface area is 228 Å². The van der Waals surface area contributed by atoms with Crippen molar-refractivity contribution >= 4 is 51.0 Å². The average Bonchev–Trinajstić information content (AvgIpc) is 3.31. The highest BCUT2D eigenvalue weighted by Crippen LogP contribution is 2.30. The maximum atomic E-state index is 12.2. The SMILES string of the molecule is O=C(/C=C/c1ccccc1)NCc1cccc(CNc2cc(-c3ccccc3Cl)nc3c(Br)cnn23)c1. The highest BCUT2D eigenvalue weighted by atomic mass is 79.9. The molecule has 1 amide bonds. The van der Waals surface area contributed by atoms with Gasteiger partial charge >= 0.3 is 0 Å². The van der Waals surface area contributed by atoms with Gasteiger partial charge in [0.25, 0.3) is 0 Å². The molecule has 0 aliphatic heterocycles. The van der Waals surface area contributed by atoms with Crippen molar-refractivity contribution in [2.24, 2.45) is 0 Å². The second kappa shape index (κ2) is 11.4. The Balaban J connectivity index is 1.28. The van der Waals surface area contributed by atoms with Gasteiger partial charge in [-0.05, 0) is 44.8 Å². The molecule has 37 heavy (non-hydrogen) atoms. The first-order valence-corrected chi connectivity index (χ1v) is 12.9. The quantitative estimate of drug-likeness (QED) is 0.202. The van der Waals surface area contributed by atoms with Crippen LogP contribution in [0.1, 0.15) is 16.7 Å². The molecule has 0 spiro atoms. The Morgan fingerprint density at radius 1 is 0.946 bits per heavy atom. The van der Waals surface area contributed by atoms with E-state index in [0.717, 1.165) is 38.2 Å². The summed E-state index contributed by atoms with van der Waals surface area (Å²) in [4.78, 5) is 17.0. The summed E-state index contributed by atoms with van der Waals surface area (Å²) in [5, 5.41) is 11.5. The number of carbonyl (C=O) groups is 1. The number of nitrogens with zero attached hydrogens (tertiary/aromatic N) is 3. The van der Waals surface area contributed by atoms with E-state index in [0.29, 0.717) is 23.8 Å². The second-order valence-electron chi connectivity index (χ2n) is 8.37. The molecule has 5 rings (SSSR count). The van der Waals surface area contributed by atoms with E-state index in [1.165, 1.54) is 0 Å². The van der Waals surface area contributed by atoms with E-state index in [4.69, 9.17) is 16.6 Å². The van der Waals surface area contributed by atoms with Crippen molar-refractivity contribution in [3.05, 3.63) is 123 Å². The van der Waals surface area contributed by atoms with E-state index in [1.54, 1.807) is 22.9 Å². The minimum atomic E-state index is -0.136. The molecule has 2 heterocycles. The second-order valence-corrected chi connectivity index (χ2v) is 9.63. The zero-order chi connectivity index (χ0) is 25.6. The molecule has 0 fully saturated rings. The van der Waals surface area contributed by atoms with Gasteiger partial charge < -0.3 is 10.6 Å². The zero-order valence-corrected chi connectivity index (χ0v) is 22.1. The fraction of sp³-hybridized carbons (Fsp3) is 0.0690. The van der Waals surface area contributed by atoms with Crippen molar-refractivity contribution in [3.8, 4) is 11.3 Å². The smallest absolute Gasteiger partial charge is 0.244 e. The van der Waals surface area contributed by atoms with Crippen LogP contribution in [0, 0.1) is 0 Å². The largest absolute Gasteiger partial charge is 0.366 e. The first kappa shape index (κ1) is 24.7. The fourth-order valence-corrected chi connectivity index (χ4v) is 4.48. The lowest BCUT2D eigenvalue weighted by Gasteiger charge is -2.12. The van der Waals surface area contributed by atoms with Crippen LogP contribution in [0.4, 0.5) is 5.82 Å². The molecule has 0 aliphatic rings. The van der Waals surface area contributed by atoms with Crippen LogP contribution in [-0.4, -0.2) is 20.5 Å². The minimum Gasteiger partial charge on any atom is -0.366 e. The summed E-state index contributed by atoms with van der Waals surface area (Å²) >= 11 is 9.98. The van der Waals surface area contributed by atoms with Crippen LogP contribution >= 0.6 is 27.5 Å². The number of aromatic nitrogens is 3. The van der Waals surface area contributed by atoms with E-state index in [1.807, 2.05) is 78.9 Å².